The van der Waals surface area contributed by atoms with Gasteiger partial charge in [0.05, 0.1) is 11.5 Å². The van der Waals surface area contributed by atoms with Crippen LogP contribution in [0.5, 0.6) is 0 Å². The van der Waals surface area contributed by atoms with Gasteiger partial charge in [-0.25, -0.2) is 0 Å². The monoisotopic (exact) mass is 224 g/mol. The molecule has 0 aliphatic rings. The predicted molar refractivity (Wildman–Crippen MR) is 62.5 cm³/mol. The first-order valence-corrected chi connectivity index (χ1v) is 5.29. The highest BCUT2D eigenvalue weighted by molar-refractivity contribution is 5.49. The van der Waals surface area contributed by atoms with Crippen LogP contribution >= 0.6 is 0 Å². The Hall–Kier alpha value is -1.62. The summed E-state index contributed by atoms with van der Waals surface area (Å²) in [6, 6.07) is 6.20. The molecule has 0 fully saturated rings. The number of aliphatic hydroxyl groups is 1. The number of benzene rings is 1. The van der Waals surface area contributed by atoms with Gasteiger partial charge in [0, 0.05) is 23.9 Å². The lowest BCUT2D eigenvalue weighted by atomic mass is 10.1. The Kier molecular flexibility index (Phi) is 4.72. The van der Waals surface area contributed by atoms with Gasteiger partial charge in [-0.3, -0.25) is 10.1 Å². The maximum absolute atomic E-state index is 10.4. The van der Waals surface area contributed by atoms with Gasteiger partial charge >= 0.3 is 0 Å². The first-order valence-electron chi connectivity index (χ1n) is 5.29. The van der Waals surface area contributed by atoms with Gasteiger partial charge in [0.2, 0.25) is 0 Å². The van der Waals surface area contributed by atoms with Crippen LogP contribution in [0.3, 0.4) is 0 Å². The topological polar surface area (TPSA) is 75.4 Å². The molecule has 0 saturated heterocycles. The van der Waals surface area contributed by atoms with Crippen molar-refractivity contribution in [1.82, 2.24) is 0 Å². The van der Waals surface area contributed by atoms with Gasteiger partial charge in [-0.1, -0.05) is 13.3 Å². The van der Waals surface area contributed by atoms with Crippen LogP contribution in [0.25, 0.3) is 0 Å². The van der Waals surface area contributed by atoms with E-state index >= 15 is 0 Å². The largest absolute Gasteiger partial charge is 0.394 e. The summed E-state index contributed by atoms with van der Waals surface area (Å²) in [5, 5.41) is 22.7. The Morgan fingerprint density at radius 1 is 1.44 bits per heavy atom. The molecule has 0 spiro atoms. The quantitative estimate of drug-likeness (QED) is 0.573. The molecule has 1 aromatic rings. The van der Waals surface area contributed by atoms with E-state index in [0.29, 0.717) is 0 Å². The van der Waals surface area contributed by atoms with Crippen molar-refractivity contribution in [2.45, 2.75) is 25.8 Å². The number of nitro groups is 1. The van der Waals surface area contributed by atoms with E-state index in [2.05, 4.69) is 5.32 Å². The Balaban J connectivity index is 2.63. The number of rotatable bonds is 6. The van der Waals surface area contributed by atoms with E-state index in [9.17, 15) is 10.1 Å². The second-order valence-corrected chi connectivity index (χ2v) is 3.62. The average Bonchev–Trinajstić information content (AvgIpc) is 2.29. The highest BCUT2D eigenvalue weighted by Gasteiger charge is 2.07. The van der Waals surface area contributed by atoms with Crippen molar-refractivity contribution in [3.63, 3.8) is 0 Å². The first-order chi connectivity index (χ1) is 7.67. The lowest BCUT2D eigenvalue weighted by Crippen LogP contribution is -2.23. The highest BCUT2D eigenvalue weighted by atomic mass is 16.6. The summed E-state index contributed by atoms with van der Waals surface area (Å²) in [5.41, 5.74) is 0.861. The molecule has 2 N–H and O–H groups in total. The van der Waals surface area contributed by atoms with Gasteiger partial charge in [0.15, 0.2) is 0 Å². The Morgan fingerprint density at radius 2 is 2.06 bits per heavy atom. The third-order valence-electron chi connectivity index (χ3n) is 2.31. The summed E-state index contributed by atoms with van der Waals surface area (Å²) in [6.45, 7) is 2.10. The number of nitro benzene ring substituents is 1. The third-order valence-corrected chi connectivity index (χ3v) is 2.31. The van der Waals surface area contributed by atoms with Gasteiger partial charge in [0.1, 0.15) is 0 Å². The van der Waals surface area contributed by atoms with E-state index in [1.165, 1.54) is 12.1 Å². The average molecular weight is 224 g/mol. The third kappa shape index (κ3) is 3.51. The molecule has 0 aliphatic carbocycles. The van der Waals surface area contributed by atoms with Crippen LogP contribution in [0.15, 0.2) is 24.3 Å². The Morgan fingerprint density at radius 3 is 2.50 bits per heavy atom. The van der Waals surface area contributed by atoms with Crippen LogP contribution in [0, 0.1) is 10.1 Å². The first kappa shape index (κ1) is 12.4. The summed E-state index contributed by atoms with van der Waals surface area (Å²) in [7, 11) is 0. The van der Waals surface area contributed by atoms with E-state index in [0.717, 1.165) is 18.5 Å². The molecule has 1 rings (SSSR count). The summed E-state index contributed by atoms with van der Waals surface area (Å²) >= 11 is 0. The number of nitrogens with one attached hydrogen (secondary N) is 1. The van der Waals surface area contributed by atoms with Crippen LogP contribution < -0.4 is 5.32 Å². The summed E-state index contributed by atoms with van der Waals surface area (Å²) in [4.78, 5) is 10.0. The van der Waals surface area contributed by atoms with Crippen molar-refractivity contribution in [2.24, 2.45) is 0 Å². The second-order valence-electron chi connectivity index (χ2n) is 3.62. The molecule has 0 aliphatic heterocycles. The number of hydrogen-bond acceptors (Lipinski definition) is 4. The van der Waals surface area contributed by atoms with Crippen LogP contribution in [0.4, 0.5) is 11.4 Å². The van der Waals surface area contributed by atoms with Crippen LogP contribution in [0.2, 0.25) is 0 Å². The molecule has 5 nitrogen and oxygen atoms in total. The molecule has 0 amide bonds. The number of aliphatic hydroxyl groups excluding tert-OH is 1. The van der Waals surface area contributed by atoms with Crippen molar-refractivity contribution < 1.29 is 10.0 Å². The maximum atomic E-state index is 10.4. The van der Waals surface area contributed by atoms with E-state index in [-0.39, 0.29) is 18.3 Å². The standard InChI is InChI=1S/C11H16N2O3/c1-2-3-10(8-14)12-9-4-6-11(7-5-9)13(15)16/h4-7,10,12,14H,2-3,8H2,1H3/t10-/m0/s1. The molecule has 0 unspecified atom stereocenters. The van der Waals surface area contributed by atoms with Crippen molar-refractivity contribution >= 4 is 11.4 Å². The SMILES string of the molecule is CCC[C@@H](CO)Nc1ccc([N+](=O)[O-])cc1. The number of hydrogen-bond donors (Lipinski definition) is 2. The maximum Gasteiger partial charge on any atom is 0.269 e. The minimum atomic E-state index is -0.431. The highest BCUT2D eigenvalue weighted by Crippen LogP contribution is 2.16. The fraction of sp³-hybridized carbons (Fsp3) is 0.455. The zero-order valence-electron chi connectivity index (χ0n) is 9.22. The van der Waals surface area contributed by atoms with E-state index in [1.54, 1.807) is 12.1 Å². The fourth-order valence-corrected chi connectivity index (χ4v) is 1.47. The molecular weight excluding hydrogens is 208 g/mol. The summed E-state index contributed by atoms with van der Waals surface area (Å²) < 4.78 is 0. The molecular formula is C11H16N2O3. The molecule has 1 aromatic carbocycles. The summed E-state index contributed by atoms with van der Waals surface area (Å²) in [6.07, 6.45) is 1.85. The fourth-order valence-electron chi connectivity index (χ4n) is 1.47. The number of nitrogens with zero attached hydrogens (tertiary/aromatic N) is 1. The second kappa shape index (κ2) is 6.07. The van der Waals surface area contributed by atoms with Gasteiger partial charge in [-0.2, -0.15) is 0 Å². The van der Waals surface area contributed by atoms with Crippen molar-refractivity contribution in [2.75, 3.05) is 11.9 Å². The normalized spacial score (nSPS) is 12.1. The summed E-state index contributed by atoms with van der Waals surface area (Å²) in [5.74, 6) is 0. The molecule has 0 heterocycles. The number of anilines is 1. The van der Waals surface area contributed by atoms with Gasteiger partial charge in [-0.15, -0.1) is 0 Å². The van der Waals surface area contributed by atoms with Gasteiger partial charge in [0.25, 0.3) is 5.69 Å². The predicted octanol–water partition coefficient (Wildman–Crippen LogP) is 2.17. The van der Waals surface area contributed by atoms with Crippen molar-refractivity contribution in [3.8, 4) is 0 Å². The molecule has 5 heteroatoms. The molecule has 1 atom stereocenters. The van der Waals surface area contributed by atoms with E-state index in [4.69, 9.17) is 5.11 Å². The minimum Gasteiger partial charge on any atom is -0.394 e. The lowest BCUT2D eigenvalue weighted by Gasteiger charge is -2.16. The molecule has 0 saturated carbocycles. The smallest absolute Gasteiger partial charge is 0.269 e. The van der Waals surface area contributed by atoms with E-state index in [1.807, 2.05) is 6.92 Å². The van der Waals surface area contributed by atoms with Crippen LogP contribution in [-0.2, 0) is 0 Å². The minimum absolute atomic E-state index is 0.00598. The Labute approximate surface area is 94.3 Å². The van der Waals surface area contributed by atoms with Gasteiger partial charge in [-0.05, 0) is 18.6 Å². The lowest BCUT2D eigenvalue weighted by molar-refractivity contribution is -0.384. The molecule has 16 heavy (non-hydrogen) atoms. The Bertz CT molecular complexity index is 338. The zero-order chi connectivity index (χ0) is 12.0. The van der Waals surface area contributed by atoms with Crippen LogP contribution in [0.1, 0.15) is 19.8 Å². The zero-order valence-corrected chi connectivity index (χ0v) is 9.22. The molecule has 88 valence electrons. The molecule has 0 radical (unpaired) electrons. The van der Waals surface area contributed by atoms with Crippen molar-refractivity contribution in [3.05, 3.63) is 34.4 Å². The molecule has 0 bridgehead atoms. The van der Waals surface area contributed by atoms with Gasteiger partial charge < -0.3 is 10.4 Å². The van der Waals surface area contributed by atoms with Crippen molar-refractivity contribution in [1.29, 1.82) is 0 Å². The van der Waals surface area contributed by atoms with Crippen LogP contribution in [-0.4, -0.2) is 22.7 Å². The number of non-ortho nitro benzene ring substituents is 1. The van der Waals surface area contributed by atoms with E-state index < -0.39 is 4.92 Å². The molecule has 0 aromatic heterocycles.